The quantitative estimate of drug-likeness (QED) is 0.855. The minimum absolute atomic E-state index is 0.335. The monoisotopic (exact) mass is 311 g/mol. The van der Waals surface area contributed by atoms with E-state index in [1.54, 1.807) is 0 Å². The fraction of sp³-hybridized carbons (Fsp3) is 0.611. The van der Waals surface area contributed by atoms with Crippen LogP contribution in [0.15, 0.2) is 6.07 Å². The van der Waals surface area contributed by atoms with Crippen LogP contribution in [0.1, 0.15) is 60.2 Å². The van der Waals surface area contributed by atoms with E-state index in [0.29, 0.717) is 6.04 Å². The second kappa shape index (κ2) is 5.62. The zero-order valence-corrected chi connectivity index (χ0v) is 14.3. The summed E-state index contributed by atoms with van der Waals surface area (Å²) >= 11 is 0. The van der Waals surface area contributed by atoms with Crippen LogP contribution in [0, 0.1) is 13.8 Å². The van der Waals surface area contributed by atoms with Gasteiger partial charge in [0.1, 0.15) is 5.82 Å². The van der Waals surface area contributed by atoms with Gasteiger partial charge in [-0.1, -0.05) is 0 Å². The Balaban J connectivity index is 1.70. The van der Waals surface area contributed by atoms with Crippen molar-refractivity contribution in [2.24, 2.45) is 7.05 Å². The SMILES string of the molecule is Cc1cc(N2CCC[C@@H]2c2nc3c(n2C)CCCC3)nnc1C. The molecule has 0 bridgehead atoms. The molecule has 23 heavy (non-hydrogen) atoms. The Morgan fingerprint density at radius 2 is 1.91 bits per heavy atom. The molecule has 1 aliphatic heterocycles. The molecule has 1 aliphatic carbocycles. The molecular formula is C18H25N5. The molecule has 1 saturated heterocycles. The molecule has 0 amide bonds. The molecule has 2 aliphatic rings. The van der Waals surface area contributed by atoms with Crippen molar-refractivity contribution in [3.63, 3.8) is 0 Å². The van der Waals surface area contributed by atoms with Crippen LogP contribution in [0.5, 0.6) is 0 Å². The lowest BCUT2D eigenvalue weighted by molar-refractivity contribution is 0.605. The largest absolute Gasteiger partial charge is 0.345 e. The first-order valence-corrected chi connectivity index (χ1v) is 8.77. The van der Waals surface area contributed by atoms with Crippen LogP contribution in [-0.4, -0.2) is 26.3 Å². The summed E-state index contributed by atoms with van der Waals surface area (Å²) in [5.41, 5.74) is 4.99. The molecule has 4 rings (SSSR count). The van der Waals surface area contributed by atoms with Crippen LogP contribution < -0.4 is 4.90 Å². The third-order valence-corrected chi connectivity index (χ3v) is 5.47. The Morgan fingerprint density at radius 1 is 1.09 bits per heavy atom. The number of imidazole rings is 1. The Morgan fingerprint density at radius 3 is 2.70 bits per heavy atom. The van der Waals surface area contributed by atoms with E-state index in [-0.39, 0.29) is 0 Å². The minimum atomic E-state index is 0.335. The van der Waals surface area contributed by atoms with Crippen molar-refractivity contribution in [1.29, 1.82) is 0 Å². The van der Waals surface area contributed by atoms with E-state index in [0.717, 1.165) is 30.9 Å². The number of rotatable bonds is 2. The topological polar surface area (TPSA) is 46.8 Å². The number of aryl methyl sites for hydroxylation is 3. The summed E-state index contributed by atoms with van der Waals surface area (Å²) in [4.78, 5) is 7.42. The molecule has 0 saturated carbocycles. The molecule has 2 aromatic heterocycles. The number of fused-ring (bicyclic) bond motifs is 1. The van der Waals surface area contributed by atoms with E-state index >= 15 is 0 Å². The van der Waals surface area contributed by atoms with Crippen molar-refractivity contribution in [3.05, 3.63) is 34.5 Å². The molecule has 2 aromatic rings. The van der Waals surface area contributed by atoms with Gasteiger partial charge in [-0.2, -0.15) is 5.10 Å². The van der Waals surface area contributed by atoms with Gasteiger partial charge in [-0.15, -0.1) is 5.10 Å². The first-order valence-electron chi connectivity index (χ1n) is 8.77. The Kier molecular flexibility index (Phi) is 3.58. The summed E-state index contributed by atoms with van der Waals surface area (Å²) < 4.78 is 2.35. The molecule has 0 spiro atoms. The molecule has 5 nitrogen and oxygen atoms in total. The van der Waals surface area contributed by atoms with Crippen LogP contribution in [0.3, 0.4) is 0 Å². The van der Waals surface area contributed by atoms with Gasteiger partial charge in [0.25, 0.3) is 0 Å². The van der Waals surface area contributed by atoms with E-state index in [9.17, 15) is 0 Å². The molecule has 1 fully saturated rings. The number of aromatic nitrogens is 4. The molecular weight excluding hydrogens is 286 g/mol. The number of nitrogens with zero attached hydrogens (tertiary/aromatic N) is 5. The average Bonchev–Trinajstić information content (AvgIpc) is 3.15. The molecule has 3 heterocycles. The summed E-state index contributed by atoms with van der Waals surface area (Å²) in [7, 11) is 2.19. The molecule has 0 radical (unpaired) electrons. The minimum Gasteiger partial charge on any atom is -0.345 e. The molecule has 0 N–H and O–H groups in total. The van der Waals surface area contributed by atoms with E-state index < -0.39 is 0 Å². The van der Waals surface area contributed by atoms with E-state index in [4.69, 9.17) is 4.98 Å². The summed E-state index contributed by atoms with van der Waals surface area (Å²) in [6.45, 7) is 5.16. The fourth-order valence-corrected chi connectivity index (χ4v) is 3.99. The van der Waals surface area contributed by atoms with Crippen LogP contribution in [0.4, 0.5) is 5.82 Å². The maximum Gasteiger partial charge on any atom is 0.152 e. The fourth-order valence-electron chi connectivity index (χ4n) is 3.99. The lowest BCUT2D eigenvalue weighted by atomic mass is 10.0. The van der Waals surface area contributed by atoms with Gasteiger partial charge >= 0.3 is 0 Å². The van der Waals surface area contributed by atoms with Crippen molar-refractivity contribution in [2.75, 3.05) is 11.4 Å². The van der Waals surface area contributed by atoms with Gasteiger partial charge in [-0.05, 0) is 64.0 Å². The highest BCUT2D eigenvalue weighted by Gasteiger charge is 2.32. The van der Waals surface area contributed by atoms with Crippen molar-refractivity contribution >= 4 is 5.82 Å². The van der Waals surface area contributed by atoms with E-state index in [1.807, 2.05) is 6.92 Å². The Bertz CT molecular complexity index is 733. The van der Waals surface area contributed by atoms with Crippen LogP contribution >= 0.6 is 0 Å². The Hall–Kier alpha value is -1.91. The van der Waals surface area contributed by atoms with Gasteiger partial charge in [-0.25, -0.2) is 4.98 Å². The first kappa shape index (κ1) is 14.7. The number of hydrogen-bond donors (Lipinski definition) is 0. The first-order chi connectivity index (χ1) is 11.1. The lowest BCUT2D eigenvalue weighted by Crippen LogP contribution is -2.26. The van der Waals surface area contributed by atoms with Gasteiger partial charge in [-0.3, -0.25) is 0 Å². The molecule has 122 valence electrons. The van der Waals surface area contributed by atoms with Crippen LogP contribution in [0.25, 0.3) is 0 Å². The summed E-state index contributed by atoms with van der Waals surface area (Å²) in [6, 6.07) is 2.51. The second-order valence-corrected chi connectivity index (χ2v) is 6.95. The van der Waals surface area contributed by atoms with Crippen molar-refractivity contribution < 1.29 is 0 Å². The van der Waals surface area contributed by atoms with E-state index in [1.165, 1.54) is 48.5 Å². The van der Waals surface area contributed by atoms with Gasteiger partial charge in [0.15, 0.2) is 5.82 Å². The predicted octanol–water partition coefficient (Wildman–Crippen LogP) is 3.05. The summed E-state index contributed by atoms with van der Waals surface area (Å²) in [6.07, 6.45) is 7.23. The summed E-state index contributed by atoms with van der Waals surface area (Å²) in [5, 5.41) is 8.77. The lowest BCUT2D eigenvalue weighted by Gasteiger charge is -2.25. The predicted molar refractivity (Wildman–Crippen MR) is 90.7 cm³/mol. The highest BCUT2D eigenvalue weighted by atomic mass is 15.3. The van der Waals surface area contributed by atoms with Crippen molar-refractivity contribution in [3.8, 4) is 0 Å². The second-order valence-electron chi connectivity index (χ2n) is 6.95. The standard InChI is InChI=1S/C18H25N5/c1-12-11-17(21-20-13(12)2)23-10-6-9-16(23)18-19-14-7-4-5-8-15(14)22(18)3/h11,16H,4-10H2,1-3H3/t16-/m1/s1. The Labute approximate surface area is 137 Å². The highest BCUT2D eigenvalue weighted by Crippen LogP contribution is 2.36. The normalized spacial score (nSPS) is 20.8. The average molecular weight is 311 g/mol. The van der Waals surface area contributed by atoms with Gasteiger partial charge < -0.3 is 9.47 Å². The summed E-state index contributed by atoms with van der Waals surface area (Å²) in [5.74, 6) is 2.21. The van der Waals surface area contributed by atoms with Crippen molar-refractivity contribution in [1.82, 2.24) is 19.7 Å². The smallest absolute Gasteiger partial charge is 0.152 e. The van der Waals surface area contributed by atoms with Gasteiger partial charge in [0.2, 0.25) is 0 Å². The van der Waals surface area contributed by atoms with Crippen LogP contribution in [-0.2, 0) is 19.9 Å². The zero-order valence-electron chi connectivity index (χ0n) is 14.3. The molecule has 0 aromatic carbocycles. The third-order valence-electron chi connectivity index (χ3n) is 5.47. The zero-order chi connectivity index (χ0) is 16.0. The number of anilines is 1. The third kappa shape index (κ3) is 2.42. The van der Waals surface area contributed by atoms with Crippen molar-refractivity contribution in [2.45, 2.75) is 58.4 Å². The number of hydrogen-bond acceptors (Lipinski definition) is 4. The molecule has 5 heteroatoms. The van der Waals surface area contributed by atoms with Gasteiger partial charge in [0, 0.05) is 19.3 Å². The van der Waals surface area contributed by atoms with Gasteiger partial charge in [0.05, 0.1) is 17.4 Å². The highest BCUT2D eigenvalue weighted by molar-refractivity contribution is 5.44. The maximum atomic E-state index is 5.02. The molecule has 1 atom stereocenters. The molecule has 0 unspecified atom stereocenters. The van der Waals surface area contributed by atoms with Crippen LogP contribution in [0.2, 0.25) is 0 Å². The maximum absolute atomic E-state index is 5.02. The van der Waals surface area contributed by atoms with E-state index in [2.05, 4.69) is 39.7 Å².